The van der Waals surface area contributed by atoms with E-state index in [-0.39, 0.29) is 29.7 Å². The SMILES string of the molecule is CC1OCCC1C(=O)N1CC(n2cc(C(=O)O)nn2)C1. The molecule has 8 nitrogen and oxygen atoms in total. The van der Waals surface area contributed by atoms with E-state index in [1.165, 1.54) is 10.9 Å². The lowest BCUT2D eigenvalue weighted by atomic mass is 9.98. The highest BCUT2D eigenvalue weighted by atomic mass is 16.5. The molecule has 20 heavy (non-hydrogen) atoms. The minimum Gasteiger partial charge on any atom is -0.476 e. The molecule has 2 aliphatic rings. The Labute approximate surface area is 115 Å². The molecule has 0 aliphatic carbocycles. The van der Waals surface area contributed by atoms with Crippen molar-refractivity contribution >= 4 is 11.9 Å². The van der Waals surface area contributed by atoms with Gasteiger partial charge in [-0.2, -0.15) is 0 Å². The van der Waals surface area contributed by atoms with Gasteiger partial charge < -0.3 is 14.7 Å². The molecule has 1 amide bonds. The maximum Gasteiger partial charge on any atom is 0.358 e. The third-order valence-corrected chi connectivity index (χ3v) is 3.97. The van der Waals surface area contributed by atoms with Gasteiger partial charge in [-0.3, -0.25) is 4.79 Å². The van der Waals surface area contributed by atoms with Crippen LogP contribution in [0.1, 0.15) is 29.9 Å². The maximum atomic E-state index is 12.2. The first kappa shape index (κ1) is 13.0. The number of hydrogen-bond acceptors (Lipinski definition) is 5. The number of likely N-dealkylation sites (tertiary alicyclic amines) is 1. The van der Waals surface area contributed by atoms with Crippen molar-refractivity contribution in [2.75, 3.05) is 19.7 Å². The molecule has 2 aliphatic heterocycles. The Bertz CT molecular complexity index is 537. The summed E-state index contributed by atoms with van der Waals surface area (Å²) in [5.74, 6) is -1.04. The van der Waals surface area contributed by atoms with E-state index in [0.717, 1.165) is 6.42 Å². The van der Waals surface area contributed by atoms with Crippen LogP contribution in [0.15, 0.2) is 6.20 Å². The normalized spacial score (nSPS) is 26.6. The number of carbonyl (C=O) groups is 2. The number of aromatic nitrogens is 3. The summed E-state index contributed by atoms with van der Waals surface area (Å²) >= 11 is 0. The molecule has 8 heteroatoms. The van der Waals surface area contributed by atoms with Gasteiger partial charge in [0.15, 0.2) is 5.69 Å². The van der Waals surface area contributed by atoms with E-state index in [2.05, 4.69) is 10.3 Å². The Balaban J connectivity index is 1.58. The predicted octanol–water partition coefficient (Wildman–Crippen LogP) is -0.215. The van der Waals surface area contributed by atoms with Crippen molar-refractivity contribution in [3.05, 3.63) is 11.9 Å². The highest BCUT2D eigenvalue weighted by Gasteiger charge is 2.40. The largest absolute Gasteiger partial charge is 0.476 e. The third kappa shape index (κ3) is 2.15. The molecule has 0 bridgehead atoms. The number of nitrogens with zero attached hydrogens (tertiary/aromatic N) is 4. The van der Waals surface area contributed by atoms with Gasteiger partial charge in [0.1, 0.15) is 0 Å². The number of carboxylic acid groups (broad SMARTS) is 1. The number of carbonyl (C=O) groups excluding carboxylic acids is 1. The first-order valence-corrected chi connectivity index (χ1v) is 6.62. The van der Waals surface area contributed by atoms with Crippen LogP contribution in [0.4, 0.5) is 0 Å². The summed E-state index contributed by atoms with van der Waals surface area (Å²) in [5.41, 5.74) is -0.0763. The molecule has 2 saturated heterocycles. The zero-order chi connectivity index (χ0) is 14.3. The molecular formula is C12H16N4O4. The van der Waals surface area contributed by atoms with Gasteiger partial charge in [0.25, 0.3) is 0 Å². The van der Waals surface area contributed by atoms with Crippen molar-refractivity contribution in [2.24, 2.45) is 5.92 Å². The predicted molar refractivity (Wildman–Crippen MR) is 66.1 cm³/mol. The Hall–Kier alpha value is -1.96. The second-order valence-electron chi connectivity index (χ2n) is 5.26. The quantitative estimate of drug-likeness (QED) is 0.822. The number of rotatable bonds is 3. The summed E-state index contributed by atoms with van der Waals surface area (Å²) in [7, 11) is 0. The zero-order valence-corrected chi connectivity index (χ0v) is 11.1. The third-order valence-electron chi connectivity index (χ3n) is 3.97. The number of carboxylic acids is 1. The van der Waals surface area contributed by atoms with Gasteiger partial charge in [0, 0.05) is 19.7 Å². The summed E-state index contributed by atoms with van der Waals surface area (Å²) < 4.78 is 6.92. The topological polar surface area (TPSA) is 97.5 Å². The van der Waals surface area contributed by atoms with Crippen molar-refractivity contribution < 1.29 is 19.4 Å². The lowest BCUT2D eigenvalue weighted by molar-refractivity contribution is -0.143. The first-order chi connectivity index (χ1) is 9.56. The van der Waals surface area contributed by atoms with Crippen LogP contribution >= 0.6 is 0 Å². The van der Waals surface area contributed by atoms with Crippen LogP contribution in [0, 0.1) is 5.92 Å². The molecule has 1 N–H and O–H groups in total. The fourth-order valence-corrected chi connectivity index (χ4v) is 2.65. The van der Waals surface area contributed by atoms with Gasteiger partial charge in [0.05, 0.1) is 24.3 Å². The zero-order valence-electron chi connectivity index (χ0n) is 11.1. The molecule has 3 rings (SSSR count). The highest BCUT2D eigenvalue weighted by molar-refractivity contribution is 5.84. The van der Waals surface area contributed by atoms with Crippen LogP contribution in [-0.2, 0) is 9.53 Å². The molecule has 0 saturated carbocycles. The van der Waals surface area contributed by atoms with Crippen molar-refractivity contribution in [3.8, 4) is 0 Å². The van der Waals surface area contributed by atoms with Crippen LogP contribution in [0.25, 0.3) is 0 Å². The molecule has 0 aromatic carbocycles. The van der Waals surface area contributed by atoms with Gasteiger partial charge in [0.2, 0.25) is 5.91 Å². The molecular weight excluding hydrogens is 264 g/mol. The fourth-order valence-electron chi connectivity index (χ4n) is 2.65. The van der Waals surface area contributed by atoms with Crippen LogP contribution in [0.5, 0.6) is 0 Å². The highest BCUT2D eigenvalue weighted by Crippen LogP contribution is 2.28. The van der Waals surface area contributed by atoms with E-state index in [9.17, 15) is 9.59 Å². The summed E-state index contributed by atoms with van der Waals surface area (Å²) in [6.45, 7) is 3.65. The lowest BCUT2D eigenvalue weighted by Crippen LogP contribution is -2.53. The minimum atomic E-state index is -1.10. The number of amides is 1. The molecule has 2 fully saturated rings. The molecule has 2 unspecified atom stereocenters. The molecule has 2 atom stereocenters. The standard InChI is InChI=1S/C12H16N4O4/c1-7-9(2-3-20-7)11(17)15-4-8(5-15)16-6-10(12(18)19)13-14-16/h6-9H,2-5H2,1H3,(H,18,19). The van der Waals surface area contributed by atoms with Crippen molar-refractivity contribution in [3.63, 3.8) is 0 Å². The second-order valence-corrected chi connectivity index (χ2v) is 5.26. The van der Waals surface area contributed by atoms with Gasteiger partial charge >= 0.3 is 5.97 Å². The number of aromatic carboxylic acids is 1. The molecule has 1 aromatic heterocycles. The van der Waals surface area contributed by atoms with Gasteiger partial charge in [-0.25, -0.2) is 9.48 Å². The molecule has 0 spiro atoms. The van der Waals surface area contributed by atoms with Crippen molar-refractivity contribution in [1.29, 1.82) is 0 Å². The van der Waals surface area contributed by atoms with Crippen LogP contribution in [0.3, 0.4) is 0 Å². The minimum absolute atomic E-state index is 0.0113. The van der Waals surface area contributed by atoms with E-state index in [1.54, 1.807) is 4.90 Å². The molecule has 0 radical (unpaired) electrons. The summed E-state index contributed by atoms with van der Waals surface area (Å²) in [6.07, 6.45) is 2.15. The monoisotopic (exact) mass is 280 g/mol. The van der Waals surface area contributed by atoms with Crippen LogP contribution < -0.4 is 0 Å². The summed E-state index contributed by atoms with van der Waals surface area (Å²) in [6, 6.07) is 0.0113. The van der Waals surface area contributed by atoms with Crippen LogP contribution in [0.2, 0.25) is 0 Å². The van der Waals surface area contributed by atoms with Gasteiger partial charge in [-0.05, 0) is 13.3 Å². The first-order valence-electron chi connectivity index (χ1n) is 6.62. The Morgan fingerprint density at radius 3 is 2.75 bits per heavy atom. The number of hydrogen-bond donors (Lipinski definition) is 1. The van der Waals surface area contributed by atoms with E-state index in [0.29, 0.717) is 19.7 Å². The lowest BCUT2D eigenvalue weighted by Gasteiger charge is -2.40. The average molecular weight is 280 g/mol. The summed E-state index contributed by atoms with van der Waals surface area (Å²) in [4.78, 5) is 24.7. The van der Waals surface area contributed by atoms with E-state index in [4.69, 9.17) is 9.84 Å². The van der Waals surface area contributed by atoms with E-state index >= 15 is 0 Å². The fraction of sp³-hybridized carbons (Fsp3) is 0.667. The number of ether oxygens (including phenoxy) is 1. The Kier molecular flexibility index (Phi) is 3.17. The van der Waals surface area contributed by atoms with Crippen LogP contribution in [-0.4, -0.2) is 62.7 Å². The molecule has 108 valence electrons. The second kappa shape index (κ2) is 4.86. The van der Waals surface area contributed by atoms with Gasteiger partial charge in [-0.1, -0.05) is 5.21 Å². The van der Waals surface area contributed by atoms with Crippen molar-refractivity contribution in [2.45, 2.75) is 25.5 Å². The average Bonchev–Trinajstić information content (AvgIpc) is 2.95. The Morgan fingerprint density at radius 2 is 2.20 bits per heavy atom. The maximum absolute atomic E-state index is 12.2. The van der Waals surface area contributed by atoms with Gasteiger partial charge in [-0.15, -0.1) is 5.10 Å². The smallest absolute Gasteiger partial charge is 0.358 e. The molecule has 1 aromatic rings. The summed E-state index contributed by atoms with van der Waals surface area (Å²) in [5, 5.41) is 16.1. The van der Waals surface area contributed by atoms with Crippen molar-refractivity contribution in [1.82, 2.24) is 19.9 Å². The molecule has 3 heterocycles. The Morgan fingerprint density at radius 1 is 1.45 bits per heavy atom. The van der Waals surface area contributed by atoms with E-state index in [1.807, 2.05) is 6.92 Å². The van der Waals surface area contributed by atoms with E-state index < -0.39 is 5.97 Å².